The highest BCUT2D eigenvalue weighted by Gasteiger charge is 2.13. The molecule has 0 fully saturated rings. The van der Waals surface area contributed by atoms with Crippen molar-refractivity contribution < 1.29 is 4.79 Å². The second-order valence-electron chi connectivity index (χ2n) is 8.11. The van der Waals surface area contributed by atoms with Crippen LogP contribution in [-0.4, -0.2) is 18.5 Å². The summed E-state index contributed by atoms with van der Waals surface area (Å²) in [5.41, 5.74) is 5.53. The normalized spacial score (nSPS) is 14.1. The van der Waals surface area contributed by atoms with Gasteiger partial charge in [0, 0.05) is 16.5 Å². The standard InChI is InChI=1S/C27H25N3O/c28-30-16-18-8-10-20(11-9-18)27(31)17-29-26-7-3-6-22-24-13-12-19-4-1-2-5-21(19)23(24)14-15-25(22)26/h3-4,6-13,15-16,29H,1-2,5,14,17,28H2. The molecule has 0 amide bonds. The van der Waals surface area contributed by atoms with E-state index < -0.39 is 0 Å². The van der Waals surface area contributed by atoms with Gasteiger partial charge < -0.3 is 11.2 Å². The summed E-state index contributed by atoms with van der Waals surface area (Å²) in [7, 11) is 0. The molecule has 0 aliphatic heterocycles. The molecule has 3 aromatic carbocycles. The van der Waals surface area contributed by atoms with Crippen LogP contribution >= 0.6 is 0 Å². The number of Topliss-reactive ketones (excluding diaryl/α,β-unsaturated/α-hetero) is 1. The summed E-state index contributed by atoms with van der Waals surface area (Å²) in [6.45, 7) is 0.251. The van der Waals surface area contributed by atoms with Gasteiger partial charge in [-0.25, -0.2) is 0 Å². The molecule has 0 aromatic heterocycles. The lowest BCUT2D eigenvalue weighted by Gasteiger charge is -2.17. The summed E-state index contributed by atoms with van der Waals surface area (Å²) >= 11 is 0. The van der Waals surface area contributed by atoms with Crippen LogP contribution in [0.15, 0.2) is 59.7 Å². The van der Waals surface area contributed by atoms with Gasteiger partial charge in [0.1, 0.15) is 0 Å². The van der Waals surface area contributed by atoms with E-state index in [0.29, 0.717) is 5.56 Å². The lowest BCUT2D eigenvalue weighted by Crippen LogP contribution is -2.23. The molecule has 0 heterocycles. The number of fused-ring (bicyclic) bond motifs is 4. The van der Waals surface area contributed by atoms with Crippen LogP contribution in [0, 0.1) is 10.4 Å². The van der Waals surface area contributed by atoms with Crippen LogP contribution in [0.25, 0.3) is 12.2 Å². The van der Waals surface area contributed by atoms with Crippen molar-refractivity contribution in [2.24, 2.45) is 10.9 Å². The fourth-order valence-electron chi connectivity index (χ4n) is 4.72. The van der Waals surface area contributed by atoms with Crippen LogP contribution in [0.1, 0.15) is 39.9 Å². The number of benzene rings is 3. The number of carbonyl (C=O) groups excluding carboxylic acids is 1. The van der Waals surface area contributed by atoms with Gasteiger partial charge in [-0.2, -0.15) is 5.10 Å². The van der Waals surface area contributed by atoms with Crippen LogP contribution < -0.4 is 21.6 Å². The number of anilines is 1. The maximum Gasteiger partial charge on any atom is 0.181 e. The third-order valence-corrected chi connectivity index (χ3v) is 6.26. The number of nitrogens with zero attached hydrogens (tertiary/aromatic N) is 1. The number of carbonyl (C=O) groups is 1. The Hall–Kier alpha value is -3.66. The van der Waals surface area contributed by atoms with Crippen molar-refractivity contribution >= 4 is 29.8 Å². The molecule has 4 heteroatoms. The number of ketones is 1. The highest BCUT2D eigenvalue weighted by atomic mass is 16.1. The molecule has 0 radical (unpaired) electrons. The van der Waals surface area contributed by atoms with E-state index in [1.165, 1.54) is 51.3 Å². The summed E-state index contributed by atoms with van der Waals surface area (Å²) in [5, 5.41) is 12.1. The molecule has 5 rings (SSSR count). The fourth-order valence-corrected chi connectivity index (χ4v) is 4.72. The van der Waals surface area contributed by atoms with Crippen molar-refractivity contribution in [3.8, 4) is 0 Å². The number of nitrogens with one attached hydrogen (secondary N) is 1. The van der Waals surface area contributed by atoms with Crippen LogP contribution in [0.4, 0.5) is 5.69 Å². The molecule has 154 valence electrons. The Bertz CT molecular complexity index is 1400. The Kier molecular flexibility index (Phi) is 5.13. The first-order valence-corrected chi connectivity index (χ1v) is 10.8. The van der Waals surface area contributed by atoms with Crippen molar-refractivity contribution in [2.45, 2.75) is 25.7 Å². The average molecular weight is 408 g/mol. The summed E-state index contributed by atoms with van der Waals surface area (Å²) < 4.78 is 0. The van der Waals surface area contributed by atoms with Gasteiger partial charge >= 0.3 is 0 Å². The van der Waals surface area contributed by atoms with Crippen LogP contribution in [-0.2, 0) is 12.8 Å². The van der Waals surface area contributed by atoms with Gasteiger partial charge in [-0.15, -0.1) is 0 Å². The van der Waals surface area contributed by atoms with E-state index in [2.05, 4.69) is 52.9 Å². The first-order chi connectivity index (χ1) is 15.2. The first-order valence-electron chi connectivity index (χ1n) is 10.8. The minimum Gasteiger partial charge on any atom is -0.377 e. The number of hydrogen-bond acceptors (Lipinski definition) is 4. The Morgan fingerprint density at radius 1 is 1.00 bits per heavy atom. The summed E-state index contributed by atoms with van der Waals surface area (Å²) in [6.07, 6.45) is 10.8. The molecule has 0 atom stereocenters. The Labute approximate surface area is 181 Å². The number of nitrogens with two attached hydrogens (primary N) is 1. The maximum absolute atomic E-state index is 12.7. The van der Waals surface area contributed by atoms with E-state index in [1.54, 1.807) is 6.21 Å². The second-order valence-corrected chi connectivity index (χ2v) is 8.11. The van der Waals surface area contributed by atoms with Gasteiger partial charge in [0.15, 0.2) is 5.78 Å². The first kappa shape index (κ1) is 19.3. The summed E-state index contributed by atoms with van der Waals surface area (Å²) in [5.74, 6) is 5.23. The molecule has 31 heavy (non-hydrogen) atoms. The molecule has 2 aliphatic carbocycles. The molecule has 0 spiro atoms. The zero-order valence-corrected chi connectivity index (χ0v) is 17.4. The highest BCUT2D eigenvalue weighted by Crippen LogP contribution is 2.18. The van der Waals surface area contributed by atoms with Crippen molar-refractivity contribution in [1.82, 2.24) is 0 Å². The lowest BCUT2D eigenvalue weighted by molar-refractivity contribution is 0.101. The zero-order chi connectivity index (χ0) is 21.2. The fraction of sp³-hybridized carbons (Fsp3) is 0.185. The molecule has 3 N–H and O–H groups in total. The molecule has 0 saturated heterocycles. The van der Waals surface area contributed by atoms with Crippen molar-refractivity contribution in [3.05, 3.63) is 97.7 Å². The van der Waals surface area contributed by atoms with Crippen molar-refractivity contribution in [1.29, 1.82) is 0 Å². The van der Waals surface area contributed by atoms with Crippen molar-refractivity contribution in [2.75, 3.05) is 11.9 Å². The largest absolute Gasteiger partial charge is 0.377 e. The smallest absolute Gasteiger partial charge is 0.181 e. The number of hydrogen-bond donors (Lipinski definition) is 2. The third-order valence-electron chi connectivity index (χ3n) is 6.26. The summed E-state index contributed by atoms with van der Waals surface area (Å²) in [4.78, 5) is 12.7. The molecular weight excluding hydrogens is 382 g/mol. The van der Waals surface area contributed by atoms with E-state index in [0.717, 1.165) is 17.7 Å². The monoisotopic (exact) mass is 407 g/mol. The Morgan fingerprint density at radius 2 is 1.87 bits per heavy atom. The van der Waals surface area contributed by atoms with E-state index in [-0.39, 0.29) is 12.3 Å². The molecular formula is C27H25N3O. The van der Waals surface area contributed by atoms with Gasteiger partial charge in [0.05, 0.1) is 12.8 Å². The molecule has 2 aliphatic rings. The summed E-state index contributed by atoms with van der Waals surface area (Å²) in [6, 6.07) is 18.2. The molecule has 0 bridgehead atoms. The second kappa shape index (κ2) is 8.23. The Balaban J connectivity index is 1.47. The quantitative estimate of drug-likeness (QED) is 0.296. The number of rotatable bonds is 5. The van der Waals surface area contributed by atoms with Crippen LogP contribution in [0.2, 0.25) is 0 Å². The lowest BCUT2D eigenvalue weighted by atomic mass is 9.88. The van der Waals surface area contributed by atoms with Gasteiger partial charge in [-0.3, -0.25) is 4.79 Å². The van der Waals surface area contributed by atoms with E-state index in [9.17, 15) is 4.79 Å². The van der Waals surface area contributed by atoms with E-state index in [1.807, 2.05) is 24.3 Å². The molecule has 0 saturated carbocycles. The third kappa shape index (κ3) is 3.66. The highest BCUT2D eigenvalue weighted by molar-refractivity contribution is 5.99. The van der Waals surface area contributed by atoms with Gasteiger partial charge in [0.25, 0.3) is 0 Å². The minimum atomic E-state index is 0.0506. The van der Waals surface area contributed by atoms with Crippen molar-refractivity contribution in [3.63, 3.8) is 0 Å². The maximum atomic E-state index is 12.7. The topological polar surface area (TPSA) is 67.5 Å². The predicted molar refractivity (Wildman–Crippen MR) is 126 cm³/mol. The van der Waals surface area contributed by atoms with E-state index in [4.69, 9.17) is 5.84 Å². The zero-order valence-electron chi connectivity index (χ0n) is 17.4. The molecule has 4 nitrogen and oxygen atoms in total. The van der Waals surface area contributed by atoms with E-state index >= 15 is 0 Å². The number of hydrazone groups is 1. The van der Waals surface area contributed by atoms with Gasteiger partial charge in [-0.1, -0.05) is 60.7 Å². The van der Waals surface area contributed by atoms with Gasteiger partial charge in [0.2, 0.25) is 0 Å². The Morgan fingerprint density at radius 3 is 2.71 bits per heavy atom. The van der Waals surface area contributed by atoms with Crippen LogP contribution in [0.5, 0.6) is 0 Å². The minimum absolute atomic E-state index is 0.0506. The van der Waals surface area contributed by atoms with Gasteiger partial charge in [-0.05, 0) is 64.1 Å². The van der Waals surface area contributed by atoms with Crippen LogP contribution in [0.3, 0.4) is 0 Å². The molecule has 0 unspecified atom stereocenters. The average Bonchev–Trinajstić information content (AvgIpc) is 2.82. The SMILES string of the molecule is NN=Cc1ccc(C(=O)CNc2cccc3c2=CCc2c4c(ccc2=3)=CCCC4)cc1. The predicted octanol–water partition coefficient (Wildman–Crippen LogP) is 3.01. The molecule has 3 aromatic rings.